The highest BCUT2D eigenvalue weighted by Crippen LogP contribution is 2.46. The molecule has 0 saturated carbocycles. The second kappa shape index (κ2) is 7.68. The van der Waals surface area contributed by atoms with Gasteiger partial charge in [-0.15, -0.1) is 5.10 Å². The number of nitrogens with zero attached hydrogens (tertiary/aromatic N) is 2. The molecule has 0 spiro atoms. The normalized spacial score (nSPS) is 21.3. The van der Waals surface area contributed by atoms with Crippen LogP contribution in [-0.2, 0) is 6.42 Å². The van der Waals surface area contributed by atoms with Crippen LogP contribution in [0, 0.1) is 5.41 Å². The van der Waals surface area contributed by atoms with Crippen molar-refractivity contribution in [2.75, 3.05) is 20.0 Å². The Labute approximate surface area is 158 Å². The van der Waals surface area contributed by atoms with Crippen LogP contribution >= 0.6 is 11.8 Å². The van der Waals surface area contributed by atoms with Crippen molar-refractivity contribution in [2.24, 2.45) is 5.41 Å². The van der Waals surface area contributed by atoms with Crippen LogP contribution in [0.3, 0.4) is 0 Å². The third-order valence-electron chi connectivity index (χ3n) is 5.29. The van der Waals surface area contributed by atoms with E-state index < -0.39 is 0 Å². The number of ether oxygens (including phenoxy) is 1. The van der Waals surface area contributed by atoms with Crippen molar-refractivity contribution in [1.29, 1.82) is 0 Å². The minimum absolute atomic E-state index is 0.0631. The van der Waals surface area contributed by atoms with Crippen LogP contribution in [0.4, 0.5) is 0 Å². The highest BCUT2D eigenvalue weighted by molar-refractivity contribution is 7.99. The lowest BCUT2D eigenvalue weighted by molar-refractivity contribution is 0.399. The number of H-pyrrole nitrogens is 1. The summed E-state index contributed by atoms with van der Waals surface area (Å²) in [7, 11) is 2.71. The summed E-state index contributed by atoms with van der Waals surface area (Å²) in [4.78, 5) is 4.67. The number of allylic oxidation sites excluding steroid dienone is 4. The Kier molecular flexibility index (Phi) is 5.53. The molecule has 2 heterocycles. The fourth-order valence-electron chi connectivity index (χ4n) is 3.60. The van der Waals surface area contributed by atoms with E-state index in [-0.39, 0.29) is 5.41 Å². The van der Waals surface area contributed by atoms with Gasteiger partial charge in [0.05, 0.1) is 7.11 Å². The maximum atomic E-state index is 7.00. The molecule has 138 valence electrons. The monoisotopic (exact) mass is 371 g/mol. The van der Waals surface area contributed by atoms with Crippen molar-refractivity contribution in [2.45, 2.75) is 31.8 Å². The molecule has 1 aromatic carbocycles. The van der Waals surface area contributed by atoms with E-state index in [2.05, 4.69) is 53.3 Å². The van der Waals surface area contributed by atoms with Gasteiger partial charge in [-0.2, -0.15) is 0 Å². The summed E-state index contributed by atoms with van der Waals surface area (Å²) in [6.45, 7) is 4.59. The van der Waals surface area contributed by atoms with Crippen molar-refractivity contribution in [3.63, 3.8) is 0 Å². The van der Waals surface area contributed by atoms with E-state index in [1.54, 1.807) is 18.9 Å². The topological polar surface area (TPSA) is 71.0 Å². The first-order valence-electron chi connectivity index (χ1n) is 8.66. The third kappa shape index (κ3) is 3.31. The molecular weight excluding hydrogens is 346 g/mol. The van der Waals surface area contributed by atoms with E-state index in [9.17, 15) is 0 Å². The van der Waals surface area contributed by atoms with E-state index in [1.807, 2.05) is 6.07 Å². The number of rotatable bonds is 1. The lowest BCUT2D eigenvalue weighted by atomic mass is 9.73. The number of aromatic nitrogens is 3. The summed E-state index contributed by atoms with van der Waals surface area (Å²) < 4.78 is 5.46. The van der Waals surface area contributed by atoms with E-state index in [1.165, 1.54) is 16.7 Å². The summed E-state index contributed by atoms with van der Waals surface area (Å²) >= 11 is 1.71. The maximum Gasteiger partial charge on any atom is 0.208 e. The molecule has 6 heteroatoms. The molecule has 5 nitrogen and oxygen atoms in total. The lowest BCUT2D eigenvalue weighted by Gasteiger charge is -2.31. The van der Waals surface area contributed by atoms with Gasteiger partial charge in [-0.25, -0.2) is 4.98 Å². The molecule has 2 aromatic rings. The number of methoxy groups -OCH3 is 1. The van der Waals surface area contributed by atoms with Crippen molar-refractivity contribution in [3.8, 4) is 17.1 Å². The number of benzene rings is 1. The summed E-state index contributed by atoms with van der Waals surface area (Å²) in [6.07, 6.45) is 6.57. The Morgan fingerprint density at radius 2 is 2.08 bits per heavy atom. The molecule has 2 N–H and O–H groups in total. The fraction of sp³-hybridized carbons (Fsp3) is 0.400. The lowest BCUT2D eigenvalue weighted by Crippen LogP contribution is -2.22. The van der Waals surface area contributed by atoms with Crippen molar-refractivity contribution in [1.82, 2.24) is 15.2 Å². The zero-order valence-corrected chi connectivity index (χ0v) is 16.5. The van der Waals surface area contributed by atoms with E-state index >= 15 is 0 Å². The SMILES string of the molecule is CO.COc1ccc2c(c1)CC1(C)C(C)=CC=C1CCSc1n[nH]c-2n1. The number of hydrogen-bond donors (Lipinski definition) is 2. The number of nitrogens with one attached hydrogen (secondary N) is 1. The van der Waals surface area contributed by atoms with Crippen LogP contribution in [0.5, 0.6) is 5.75 Å². The van der Waals surface area contributed by atoms with E-state index in [0.717, 1.165) is 48.0 Å². The second-order valence-electron chi connectivity index (χ2n) is 6.64. The number of aliphatic hydroxyl groups is 1. The number of aromatic amines is 1. The zero-order valence-electron chi connectivity index (χ0n) is 15.7. The number of aliphatic hydroxyl groups excluding tert-OH is 1. The molecule has 0 radical (unpaired) electrons. The van der Waals surface area contributed by atoms with Crippen LogP contribution in [0.15, 0.2) is 46.7 Å². The minimum atomic E-state index is 0.0631. The molecule has 0 amide bonds. The van der Waals surface area contributed by atoms with E-state index in [4.69, 9.17) is 9.84 Å². The molecule has 1 atom stereocenters. The highest BCUT2D eigenvalue weighted by atomic mass is 32.2. The standard InChI is InChI=1S/C19H21N3OS.CH4O/c1-12-4-5-14-8-9-24-18-20-17(21-22-18)16-7-6-15(23-3)10-13(16)11-19(12,14)2;1-2/h4-7,10H,8-9,11H2,1-3H3,(H,20,21,22);2H,1H3. The summed E-state index contributed by atoms with van der Waals surface area (Å²) in [5.74, 6) is 2.72. The van der Waals surface area contributed by atoms with Crippen molar-refractivity contribution < 1.29 is 9.84 Å². The highest BCUT2D eigenvalue weighted by Gasteiger charge is 2.35. The van der Waals surface area contributed by atoms with Gasteiger partial charge in [0.1, 0.15) is 5.75 Å². The first-order valence-corrected chi connectivity index (χ1v) is 9.64. The number of thioether (sulfide) groups is 1. The van der Waals surface area contributed by atoms with Crippen molar-refractivity contribution in [3.05, 3.63) is 47.1 Å². The molecule has 1 unspecified atom stereocenters. The Morgan fingerprint density at radius 1 is 1.27 bits per heavy atom. The van der Waals surface area contributed by atoms with Gasteiger partial charge in [0.25, 0.3) is 0 Å². The van der Waals surface area contributed by atoms with Gasteiger partial charge in [-0.05, 0) is 43.5 Å². The van der Waals surface area contributed by atoms with E-state index in [0.29, 0.717) is 0 Å². The second-order valence-corrected chi connectivity index (χ2v) is 7.70. The van der Waals surface area contributed by atoms with Crippen molar-refractivity contribution >= 4 is 11.8 Å². The largest absolute Gasteiger partial charge is 0.497 e. The average molecular weight is 372 g/mol. The molecule has 1 aliphatic heterocycles. The maximum absolute atomic E-state index is 7.00. The molecule has 2 bridgehead atoms. The van der Waals surface area contributed by atoms with Crippen LogP contribution < -0.4 is 4.74 Å². The zero-order chi connectivity index (χ0) is 18.7. The molecule has 4 rings (SSSR count). The van der Waals surface area contributed by atoms with Gasteiger partial charge in [0, 0.05) is 23.8 Å². The Balaban J connectivity index is 0.000000948. The summed E-state index contributed by atoms with van der Waals surface area (Å²) in [6, 6.07) is 6.21. The smallest absolute Gasteiger partial charge is 0.208 e. The molecule has 2 aliphatic rings. The van der Waals surface area contributed by atoms with Crippen LogP contribution in [0.25, 0.3) is 11.4 Å². The molecule has 0 saturated heterocycles. The average Bonchev–Trinajstić information content (AvgIpc) is 3.22. The van der Waals surface area contributed by atoms with Gasteiger partial charge in [0.15, 0.2) is 5.82 Å². The molecular formula is C20H25N3O2S. The van der Waals surface area contributed by atoms with Gasteiger partial charge in [-0.3, -0.25) is 5.10 Å². The summed E-state index contributed by atoms with van der Waals surface area (Å²) in [5, 5.41) is 15.3. The minimum Gasteiger partial charge on any atom is -0.497 e. The molecule has 0 fully saturated rings. The van der Waals surface area contributed by atoms with Gasteiger partial charge in [-0.1, -0.05) is 42.0 Å². The Morgan fingerprint density at radius 3 is 2.85 bits per heavy atom. The third-order valence-corrected chi connectivity index (χ3v) is 6.14. The van der Waals surface area contributed by atoms with Crippen LogP contribution in [-0.4, -0.2) is 40.3 Å². The first-order chi connectivity index (χ1) is 12.6. The quantitative estimate of drug-likeness (QED) is 0.792. The van der Waals surface area contributed by atoms with Gasteiger partial charge in [0.2, 0.25) is 5.16 Å². The Bertz CT molecular complexity index is 856. The molecule has 1 aliphatic carbocycles. The molecule has 1 aromatic heterocycles. The summed E-state index contributed by atoms with van der Waals surface area (Å²) in [5.41, 5.74) is 5.34. The van der Waals surface area contributed by atoms with Gasteiger partial charge < -0.3 is 9.84 Å². The predicted octanol–water partition coefficient (Wildman–Crippen LogP) is 4.02. The van der Waals surface area contributed by atoms with Gasteiger partial charge >= 0.3 is 0 Å². The van der Waals surface area contributed by atoms with Crippen LogP contribution in [0.1, 0.15) is 25.8 Å². The van der Waals surface area contributed by atoms with Crippen LogP contribution in [0.2, 0.25) is 0 Å². The first kappa shape index (κ1) is 18.7. The predicted molar refractivity (Wildman–Crippen MR) is 106 cm³/mol. The molecule has 26 heavy (non-hydrogen) atoms. The number of hydrogen-bond acceptors (Lipinski definition) is 5. The number of fused-ring (bicyclic) bond motifs is 5. The Hall–Kier alpha value is -2.05. The fourth-order valence-corrected chi connectivity index (χ4v) is 4.37.